The summed E-state index contributed by atoms with van der Waals surface area (Å²) < 4.78 is 0. The molecule has 1 heterocycles. The van der Waals surface area contributed by atoms with Crippen molar-refractivity contribution >= 4 is 11.6 Å². The normalized spacial score (nSPS) is 55.1. The lowest BCUT2D eigenvalue weighted by atomic mass is 9.42. The van der Waals surface area contributed by atoms with Gasteiger partial charge in [0, 0.05) is 30.2 Å². The fraction of sp³-hybridized carbons (Fsp3) is 0.900. The van der Waals surface area contributed by atoms with Crippen molar-refractivity contribution in [1.29, 1.82) is 0 Å². The third-order valence-electron chi connectivity index (χ3n) is 9.10. The van der Waals surface area contributed by atoms with E-state index in [2.05, 4.69) is 12.2 Å². The van der Waals surface area contributed by atoms with Crippen LogP contribution < -0.4 is 5.32 Å². The zero-order valence-corrected chi connectivity index (χ0v) is 14.3. The van der Waals surface area contributed by atoms with E-state index >= 15 is 0 Å². The van der Waals surface area contributed by atoms with Crippen LogP contribution in [-0.2, 0) is 9.59 Å². The van der Waals surface area contributed by atoms with Gasteiger partial charge in [-0.1, -0.05) is 6.92 Å². The standard InChI is InChI=1S/C20H29NO2/c1-18-7-6-16-14(15(18)2-3-17(18)23)5-9-20-12-13(22)4-8-19(16,20)10-11-21-20/h14-16,21H,2-12H2,1H3/t14-,15-,16-,18-,19?,20?/m0/s1. The molecule has 5 fully saturated rings. The van der Waals surface area contributed by atoms with E-state index in [9.17, 15) is 9.59 Å². The highest BCUT2D eigenvalue weighted by atomic mass is 16.1. The van der Waals surface area contributed by atoms with Gasteiger partial charge < -0.3 is 5.32 Å². The summed E-state index contributed by atoms with van der Waals surface area (Å²) in [6.07, 6.45) is 10.6. The maximum absolute atomic E-state index is 12.5. The van der Waals surface area contributed by atoms with Crippen LogP contribution in [0.3, 0.4) is 0 Å². The highest BCUT2D eigenvalue weighted by Gasteiger charge is 2.67. The van der Waals surface area contributed by atoms with Crippen molar-refractivity contribution in [1.82, 2.24) is 5.32 Å². The van der Waals surface area contributed by atoms with E-state index in [4.69, 9.17) is 0 Å². The predicted octanol–water partition coefficient (Wildman–Crippen LogP) is 3.26. The summed E-state index contributed by atoms with van der Waals surface area (Å²) in [6.45, 7) is 3.36. The summed E-state index contributed by atoms with van der Waals surface area (Å²) >= 11 is 0. The Morgan fingerprint density at radius 1 is 0.957 bits per heavy atom. The van der Waals surface area contributed by atoms with Crippen LogP contribution in [-0.4, -0.2) is 23.7 Å². The van der Waals surface area contributed by atoms with Crippen molar-refractivity contribution in [3.05, 3.63) is 0 Å². The zero-order chi connectivity index (χ0) is 15.9. The molecule has 5 aliphatic rings. The first-order valence-corrected chi connectivity index (χ1v) is 9.81. The van der Waals surface area contributed by atoms with E-state index in [0.29, 0.717) is 22.9 Å². The van der Waals surface area contributed by atoms with Crippen LogP contribution in [0.4, 0.5) is 0 Å². The van der Waals surface area contributed by atoms with Gasteiger partial charge >= 0.3 is 0 Å². The number of rotatable bonds is 0. The molecular formula is C20H29NO2. The number of carbonyl (C=O) groups excluding carboxylic acids is 2. The Morgan fingerprint density at radius 2 is 1.83 bits per heavy atom. The number of hydrogen-bond acceptors (Lipinski definition) is 3. The van der Waals surface area contributed by atoms with E-state index < -0.39 is 0 Å². The second-order valence-electron chi connectivity index (χ2n) is 9.46. The van der Waals surface area contributed by atoms with Gasteiger partial charge in [-0.3, -0.25) is 9.59 Å². The fourth-order valence-corrected chi connectivity index (χ4v) is 8.04. The van der Waals surface area contributed by atoms with Gasteiger partial charge in [0.25, 0.3) is 0 Å². The molecule has 4 saturated carbocycles. The molecule has 1 N–H and O–H groups in total. The van der Waals surface area contributed by atoms with E-state index in [1.165, 1.54) is 25.7 Å². The number of Topliss-reactive ketones (excluding diaryl/α,β-unsaturated/α-hetero) is 2. The van der Waals surface area contributed by atoms with Crippen molar-refractivity contribution in [2.75, 3.05) is 6.54 Å². The molecule has 4 aliphatic carbocycles. The molecule has 1 saturated heterocycles. The number of ketones is 2. The van der Waals surface area contributed by atoms with E-state index in [1.807, 2.05) is 0 Å². The first-order valence-electron chi connectivity index (χ1n) is 9.81. The number of nitrogens with one attached hydrogen (secondary N) is 1. The molecule has 0 aromatic carbocycles. The molecule has 0 bridgehead atoms. The fourth-order valence-electron chi connectivity index (χ4n) is 8.04. The molecule has 126 valence electrons. The van der Waals surface area contributed by atoms with Crippen molar-refractivity contribution in [2.24, 2.45) is 28.6 Å². The Bertz CT molecular complexity index is 586. The number of hydrogen-bond donors (Lipinski definition) is 1. The monoisotopic (exact) mass is 315 g/mol. The smallest absolute Gasteiger partial charge is 0.139 e. The SMILES string of the molecule is C[C@]12CC[C@H]3[C@@H](CCC45CC(=O)CCC34CCN5)[C@@H]1CCC2=O. The Labute approximate surface area is 139 Å². The highest BCUT2D eigenvalue weighted by Crippen LogP contribution is 2.68. The minimum Gasteiger partial charge on any atom is -0.310 e. The third-order valence-corrected chi connectivity index (χ3v) is 9.10. The van der Waals surface area contributed by atoms with Gasteiger partial charge in [-0.2, -0.15) is 0 Å². The number of fused-ring (bicyclic) bond motifs is 3. The van der Waals surface area contributed by atoms with Crippen LogP contribution in [0.2, 0.25) is 0 Å². The van der Waals surface area contributed by atoms with Gasteiger partial charge in [-0.15, -0.1) is 0 Å². The second kappa shape index (κ2) is 4.47. The Hall–Kier alpha value is -0.700. The lowest BCUT2D eigenvalue weighted by molar-refractivity contribution is -0.148. The van der Waals surface area contributed by atoms with Crippen molar-refractivity contribution in [3.63, 3.8) is 0 Å². The van der Waals surface area contributed by atoms with Crippen LogP contribution in [0.5, 0.6) is 0 Å². The van der Waals surface area contributed by atoms with Crippen molar-refractivity contribution in [2.45, 2.75) is 76.7 Å². The van der Waals surface area contributed by atoms with Gasteiger partial charge in [0.1, 0.15) is 11.6 Å². The average Bonchev–Trinajstić information content (AvgIpc) is 3.05. The molecule has 0 radical (unpaired) electrons. The van der Waals surface area contributed by atoms with Crippen LogP contribution in [0.15, 0.2) is 0 Å². The van der Waals surface area contributed by atoms with Crippen molar-refractivity contribution < 1.29 is 9.59 Å². The van der Waals surface area contributed by atoms with E-state index in [1.54, 1.807) is 0 Å². The topological polar surface area (TPSA) is 46.2 Å². The lowest BCUT2D eigenvalue weighted by Crippen LogP contribution is -2.64. The van der Waals surface area contributed by atoms with Gasteiger partial charge in [0.2, 0.25) is 0 Å². The van der Waals surface area contributed by atoms with Crippen molar-refractivity contribution in [3.8, 4) is 0 Å². The first-order chi connectivity index (χ1) is 11.0. The van der Waals surface area contributed by atoms with Crippen LogP contribution in [0, 0.1) is 28.6 Å². The molecule has 2 unspecified atom stereocenters. The Morgan fingerprint density at radius 3 is 2.70 bits per heavy atom. The molecular weight excluding hydrogens is 286 g/mol. The zero-order valence-electron chi connectivity index (χ0n) is 14.3. The maximum atomic E-state index is 12.5. The molecule has 0 aromatic rings. The summed E-state index contributed by atoms with van der Waals surface area (Å²) in [7, 11) is 0. The molecule has 3 nitrogen and oxygen atoms in total. The maximum Gasteiger partial charge on any atom is 0.139 e. The molecule has 23 heavy (non-hydrogen) atoms. The van der Waals surface area contributed by atoms with Crippen LogP contribution in [0.1, 0.15) is 71.1 Å². The summed E-state index contributed by atoms with van der Waals surface area (Å²) in [5, 5.41) is 3.82. The lowest BCUT2D eigenvalue weighted by Gasteiger charge is -2.63. The first kappa shape index (κ1) is 14.6. The Balaban J connectivity index is 1.55. The molecule has 0 aromatic heterocycles. The van der Waals surface area contributed by atoms with Gasteiger partial charge in [0.15, 0.2) is 0 Å². The molecule has 3 heteroatoms. The summed E-state index contributed by atoms with van der Waals surface area (Å²) in [5.74, 6) is 3.13. The summed E-state index contributed by atoms with van der Waals surface area (Å²) in [5.41, 5.74) is 0.449. The highest BCUT2D eigenvalue weighted by molar-refractivity contribution is 5.87. The quantitative estimate of drug-likeness (QED) is 0.746. The minimum atomic E-state index is -0.0195. The van der Waals surface area contributed by atoms with Gasteiger partial charge in [-0.25, -0.2) is 0 Å². The molecule has 0 amide bonds. The van der Waals surface area contributed by atoms with Gasteiger partial charge in [-0.05, 0) is 74.7 Å². The minimum absolute atomic E-state index is 0.0195. The third kappa shape index (κ3) is 1.61. The summed E-state index contributed by atoms with van der Waals surface area (Å²) in [4.78, 5) is 24.7. The van der Waals surface area contributed by atoms with Crippen LogP contribution >= 0.6 is 0 Å². The average molecular weight is 315 g/mol. The molecule has 6 atom stereocenters. The van der Waals surface area contributed by atoms with E-state index in [0.717, 1.165) is 56.9 Å². The van der Waals surface area contributed by atoms with Gasteiger partial charge in [0.05, 0.1) is 0 Å². The largest absolute Gasteiger partial charge is 0.310 e. The predicted molar refractivity (Wildman–Crippen MR) is 87.9 cm³/mol. The van der Waals surface area contributed by atoms with Crippen LogP contribution in [0.25, 0.3) is 0 Å². The Kier molecular flexibility index (Phi) is 2.84. The molecule has 5 rings (SSSR count). The second-order valence-corrected chi connectivity index (χ2v) is 9.46. The molecule has 0 spiro atoms. The van der Waals surface area contributed by atoms with E-state index in [-0.39, 0.29) is 11.0 Å². The molecule has 1 aliphatic heterocycles. The summed E-state index contributed by atoms with van der Waals surface area (Å²) in [6, 6.07) is 0. The number of carbonyl (C=O) groups is 2.